The minimum absolute atomic E-state index is 0. The minimum atomic E-state index is 0. The van der Waals surface area contributed by atoms with Crippen LogP contribution in [0, 0.1) is 0 Å². The van der Waals surface area contributed by atoms with Gasteiger partial charge in [-0.3, -0.25) is 9.98 Å². The standard InChI is InChI=1S/C30H46N4.2BrH/c1(3-11-21-33-23-17-29(18-24-33)31-27-13-7-5-8-14-27)2-4-12-22-34-25-19-30(20-26-34)32-28-15-9-6-10-16-28;;/h17-20,23-28H,1-16,21-22H2;2*1H. The lowest BCUT2D eigenvalue weighted by Crippen LogP contribution is -2.15. The van der Waals surface area contributed by atoms with E-state index in [9.17, 15) is 0 Å². The third-order valence-corrected chi connectivity index (χ3v) is 7.64. The maximum atomic E-state index is 4.93. The molecular formula is C30H48Br2N4. The molecule has 4 rings (SSSR count). The van der Waals surface area contributed by atoms with E-state index in [0.29, 0.717) is 12.1 Å². The van der Waals surface area contributed by atoms with Crippen LogP contribution in [0.1, 0.15) is 103 Å². The van der Waals surface area contributed by atoms with E-state index in [1.165, 1.54) is 103 Å². The number of aromatic nitrogens is 2. The van der Waals surface area contributed by atoms with Crippen molar-refractivity contribution in [2.45, 2.75) is 128 Å². The number of nitrogens with zero attached hydrogens (tertiary/aromatic N) is 4. The molecule has 0 amide bonds. The summed E-state index contributed by atoms with van der Waals surface area (Å²) < 4.78 is 4.64. The van der Waals surface area contributed by atoms with E-state index in [-0.39, 0.29) is 34.0 Å². The van der Waals surface area contributed by atoms with Crippen molar-refractivity contribution in [3.63, 3.8) is 0 Å². The Morgan fingerprint density at radius 1 is 0.500 bits per heavy atom. The molecule has 6 heteroatoms. The van der Waals surface area contributed by atoms with Crippen molar-refractivity contribution in [1.29, 1.82) is 0 Å². The molecule has 2 aromatic heterocycles. The molecule has 202 valence electrons. The molecule has 2 aliphatic carbocycles. The molecule has 2 heterocycles. The maximum absolute atomic E-state index is 4.93. The average molecular weight is 625 g/mol. The molecule has 0 spiro atoms. The molecule has 0 aliphatic heterocycles. The molecule has 0 unspecified atom stereocenters. The lowest BCUT2D eigenvalue weighted by Gasteiger charge is -2.17. The number of rotatable bonds is 11. The zero-order valence-electron chi connectivity index (χ0n) is 22.1. The van der Waals surface area contributed by atoms with Crippen LogP contribution < -0.4 is 10.7 Å². The van der Waals surface area contributed by atoms with Gasteiger partial charge in [0.1, 0.15) is 0 Å². The van der Waals surface area contributed by atoms with Gasteiger partial charge in [0.05, 0.1) is 22.8 Å². The minimum Gasteiger partial charge on any atom is -0.354 e. The first kappa shape index (κ1) is 31.1. The monoisotopic (exact) mass is 622 g/mol. The first-order valence-corrected chi connectivity index (χ1v) is 14.2. The van der Waals surface area contributed by atoms with Crippen molar-refractivity contribution in [2.75, 3.05) is 0 Å². The summed E-state index contributed by atoms with van der Waals surface area (Å²) in [6, 6.07) is 9.91. The lowest BCUT2D eigenvalue weighted by molar-refractivity contribution is 0.437. The predicted molar refractivity (Wildman–Crippen MR) is 162 cm³/mol. The van der Waals surface area contributed by atoms with Gasteiger partial charge >= 0.3 is 0 Å². The summed E-state index contributed by atoms with van der Waals surface area (Å²) in [7, 11) is 0. The number of hydrogen-bond donors (Lipinski definition) is 0. The van der Waals surface area contributed by atoms with Gasteiger partial charge in [-0.05, 0) is 62.8 Å². The highest BCUT2D eigenvalue weighted by Gasteiger charge is 2.11. The normalized spacial score (nSPS) is 16.6. The zero-order valence-corrected chi connectivity index (χ0v) is 25.5. The Kier molecular flexibility index (Phi) is 15.7. The Bertz CT molecular complexity index is 849. The number of pyridine rings is 2. The molecular weight excluding hydrogens is 576 g/mol. The smallest absolute Gasteiger partial charge is 0.0606 e. The van der Waals surface area contributed by atoms with Crippen molar-refractivity contribution in [2.24, 2.45) is 9.98 Å². The summed E-state index contributed by atoms with van der Waals surface area (Å²) in [5.41, 5.74) is 0. The van der Waals surface area contributed by atoms with Gasteiger partial charge in [-0.15, -0.1) is 34.0 Å². The van der Waals surface area contributed by atoms with Crippen molar-refractivity contribution >= 4 is 34.0 Å². The summed E-state index contributed by atoms with van der Waals surface area (Å²) >= 11 is 0. The van der Waals surface area contributed by atoms with Crippen LogP contribution in [0.15, 0.2) is 59.0 Å². The molecule has 0 N–H and O–H groups in total. The highest BCUT2D eigenvalue weighted by atomic mass is 79.9. The molecule has 0 saturated heterocycles. The second-order valence-electron chi connectivity index (χ2n) is 10.6. The van der Waals surface area contributed by atoms with Crippen LogP contribution in [0.4, 0.5) is 0 Å². The molecule has 2 aliphatic rings. The van der Waals surface area contributed by atoms with Gasteiger partial charge in [-0.1, -0.05) is 64.2 Å². The summed E-state index contributed by atoms with van der Waals surface area (Å²) in [6.45, 7) is 2.25. The topological polar surface area (TPSA) is 34.6 Å². The zero-order chi connectivity index (χ0) is 23.3. The van der Waals surface area contributed by atoms with Crippen LogP contribution in [0.25, 0.3) is 0 Å². The van der Waals surface area contributed by atoms with Crippen LogP contribution in [0.2, 0.25) is 0 Å². The van der Waals surface area contributed by atoms with Crippen molar-refractivity contribution in [3.05, 3.63) is 59.8 Å². The lowest BCUT2D eigenvalue weighted by atomic mass is 9.96. The maximum Gasteiger partial charge on any atom is 0.0606 e. The molecule has 2 saturated carbocycles. The molecule has 36 heavy (non-hydrogen) atoms. The molecule has 0 aromatic carbocycles. The molecule has 4 nitrogen and oxygen atoms in total. The Balaban J connectivity index is 0.00000228. The van der Waals surface area contributed by atoms with Crippen LogP contribution in [0.3, 0.4) is 0 Å². The van der Waals surface area contributed by atoms with E-state index >= 15 is 0 Å². The van der Waals surface area contributed by atoms with Crippen LogP contribution in [-0.4, -0.2) is 21.2 Å². The fourth-order valence-electron chi connectivity index (χ4n) is 5.51. The Morgan fingerprint density at radius 3 is 1.19 bits per heavy atom. The summed E-state index contributed by atoms with van der Waals surface area (Å²) in [6.07, 6.45) is 30.0. The summed E-state index contributed by atoms with van der Waals surface area (Å²) in [4.78, 5) is 9.85. The SMILES string of the molecule is Br.Br.c1cn(CCCCCCCCn2ccc(=NC3CCCCC3)cc2)ccc1=NC1CCCCC1. The van der Waals surface area contributed by atoms with Crippen molar-refractivity contribution in [3.8, 4) is 0 Å². The van der Waals surface area contributed by atoms with E-state index in [2.05, 4.69) is 58.2 Å². The quantitative estimate of drug-likeness (QED) is 0.228. The van der Waals surface area contributed by atoms with Gasteiger partial charge in [-0.2, -0.15) is 0 Å². The van der Waals surface area contributed by atoms with Gasteiger partial charge < -0.3 is 9.13 Å². The first-order valence-electron chi connectivity index (χ1n) is 14.2. The largest absolute Gasteiger partial charge is 0.354 e. The van der Waals surface area contributed by atoms with Gasteiger partial charge in [0.15, 0.2) is 0 Å². The predicted octanol–water partition coefficient (Wildman–Crippen LogP) is 7.95. The summed E-state index contributed by atoms with van der Waals surface area (Å²) in [5, 5.41) is 2.32. The molecule has 0 bridgehead atoms. The molecule has 0 radical (unpaired) electrons. The molecule has 2 fully saturated rings. The second kappa shape index (κ2) is 18.2. The van der Waals surface area contributed by atoms with Gasteiger partial charge in [0, 0.05) is 37.9 Å². The van der Waals surface area contributed by atoms with E-state index < -0.39 is 0 Å². The van der Waals surface area contributed by atoms with Gasteiger partial charge in [-0.25, -0.2) is 0 Å². The highest BCUT2D eigenvalue weighted by Crippen LogP contribution is 2.20. The van der Waals surface area contributed by atoms with Crippen molar-refractivity contribution < 1.29 is 0 Å². The average Bonchev–Trinajstić information content (AvgIpc) is 2.89. The Hall–Kier alpha value is -1.14. The van der Waals surface area contributed by atoms with Gasteiger partial charge in [0.2, 0.25) is 0 Å². The van der Waals surface area contributed by atoms with E-state index in [1.54, 1.807) is 0 Å². The third kappa shape index (κ3) is 11.5. The highest BCUT2D eigenvalue weighted by molar-refractivity contribution is 8.93. The fourth-order valence-corrected chi connectivity index (χ4v) is 5.51. The van der Waals surface area contributed by atoms with Crippen molar-refractivity contribution in [1.82, 2.24) is 9.13 Å². The van der Waals surface area contributed by atoms with Gasteiger partial charge in [0.25, 0.3) is 0 Å². The molecule has 0 atom stereocenters. The number of hydrogen-bond acceptors (Lipinski definition) is 2. The Morgan fingerprint density at radius 2 is 0.833 bits per heavy atom. The number of halogens is 2. The Labute approximate surface area is 239 Å². The van der Waals surface area contributed by atoms with E-state index in [0.717, 1.165) is 23.8 Å². The first-order chi connectivity index (χ1) is 16.8. The second-order valence-corrected chi connectivity index (χ2v) is 10.6. The fraction of sp³-hybridized carbons (Fsp3) is 0.667. The summed E-state index contributed by atoms with van der Waals surface area (Å²) in [5.74, 6) is 0. The molecule has 2 aromatic rings. The van der Waals surface area contributed by atoms with Crippen LogP contribution in [-0.2, 0) is 13.1 Å². The number of aryl methyl sites for hydroxylation is 2. The third-order valence-electron chi connectivity index (χ3n) is 7.64. The van der Waals surface area contributed by atoms with E-state index in [4.69, 9.17) is 9.98 Å². The number of unbranched alkanes of at least 4 members (excludes halogenated alkanes) is 5. The van der Waals surface area contributed by atoms with Crippen LogP contribution >= 0.6 is 34.0 Å². The van der Waals surface area contributed by atoms with Crippen LogP contribution in [0.5, 0.6) is 0 Å². The van der Waals surface area contributed by atoms with E-state index in [1.807, 2.05) is 0 Å².